The van der Waals surface area contributed by atoms with Gasteiger partial charge < -0.3 is 50.0 Å². The number of hydrogen-bond donors (Lipinski definition) is 7. The molecule has 2 aromatic rings. The van der Waals surface area contributed by atoms with Gasteiger partial charge in [0, 0.05) is 6.08 Å². The maximum atomic E-state index is 12.3. The lowest BCUT2D eigenvalue weighted by molar-refractivity contribution is -0.302. The standard InChI is InChI=1S/C23H26O11/c24-11-18-20(30)22(34-19(29)6-3-12-1-4-14(25)16(27)9-12)21(31)23(33-18)32-8-7-13-2-5-15(26)17(28)10-13/h1-6,9-10,18,20-28,30-31H,7-8,11H2/b6-3-/t18-,20-,21-,22+,23-/m1/s1. The van der Waals surface area contributed by atoms with Gasteiger partial charge in [-0.1, -0.05) is 12.1 Å². The van der Waals surface area contributed by atoms with Crippen LogP contribution < -0.4 is 0 Å². The zero-order chi connectivity index (χ0) is 24.8. The van der Waals surface area contributed by atoms with Crippen LogP contribution in [-0.4, -0.2) is 85.6 Å². The van der Waals surface area contributed by atoms with Crippen LogP contribution in [0.2, 0.25) is 0 Å². The van der Waals surface area contributed by atoms with Crippen LogP contribution >= 0.6 is 0 Å². The molecule has 184 valence electrons. The van der Waals surface area contributed by atoms with Crippen LogP contribution in [0.25, 0.3) is 6.08 Å². The van der Waals surface area contributed by atoms with E-state index in [2.05, 4.69) is 0 Å². The summed E-state index contributed by atoms with van der Waals surface area (Å²) in [6.45, 7) is -0.624. The fourth-order valence-electron chi connectivity index (χ4n) is 3.33. The van der Waals surface area contributed by atoms with Gasteiger partial charge in [0.1, 0.15) is 18.3 Å². The Labute approximate surface area is 194 Å². The summed E-state index contributed by atoms with van der Waals surface area (Å²) < 4.78 is 16.1. The maximum Gasteiger partial charge on any atom is 0.331 e. The molecule has 7 N–H and O–H groups in total. The average molecular weight is 478 g/mol. The molecule has 0 amide bonds. The van der Waals surface area contributed by atoms with Crippen molar-refractivity contribution in [1.29, 1.82) is 0 Å². The van der Waals surface area contributed by atoms with Gasteiger partial charge in [-0.2, -0.15) is 0 Å². The summed E-state index contributed by atoms with van der Waals surface area (Å²) in [5.74, 6) is -2.18. The van der Waals surface area contributed by atoms with E-state index in [0.717, 1.165) is 6.08 Å². The normalized spacial score (nSPS) is 24.9. The molecule has 1 aliphatic heterocycles. The highest BCUT2D eigenvalue weighted by atomic mass is 16.7. The number of aliphatic hydroxyl groups is 3. The summed E-state index contributed by atoms with van der Waals surface area (Å²) in [5.41, 5.74) is 1.02. The van der Waals surface area contributed by atoms with Crippen LogP contribution in [0.4, 0.5) is 0 Å². The predicted octanol–water partition coefficient (Wildman–Crippen LogP) is 0.132. The summed E-state index contributed by atoms with van der Waals surface area (Å²) in [6, 6.07) is 8.13. The van der Waals surface area contributed by atoms with E-state index >= 15 is 0 Å². The van der Waals surface area contributed by atoms with E-state index in [1.165, 1.54) is 36.4 Å². The lowest BCUT2D eigenvalue weighted by Crippen LogP contribution is -2.60. The van der Waals surface area contributed by atoms with Crippen LogP contribution in [0.15, 0.2) is 42.5 Å². The molecule has 1 saturated heterocycles. The van der Waals surface area contributed by atoms with Gasteiger partial charge in [-0.3, -0.25) is 0 Å². The van der Waals surface area contributed by atoms with E-state index in [1.54, 1.807) is 6.07 Å². The largest absolute Gasteiger partial charge is 0.504 e. The molecular formula is C23H26O11. The molecule has 1 fully saturated rings. The third-order valence-electron chi connectivity index (χ3n) is 5.20. The monoisotopic (exact) mass is 478 g/mol. The number of phenols is 4. The second-order valence-electron chi connectivity index (χ2n) is 7.63. The van der Waals surface area contributed by atoms with Gasteiger partial charge in [0.05, 0.1) is 13.2 Å². The van der Waals surface area contributed by atoms with Gasteiger partial charge in [0.2, 0.25) is 0 Å². The zero-order valence-corrected chi connectivity index (χ0v) is 17.9. The molecular weight excluding hydrogens is 452 g/mol. The lowest BCUT2D eigenvalue weighted by atomic mass is 9.99. The lowest BCUT2D eigenvalue weighted by Gasteiger charge is -2.41. The number of benzene rings is 2. The van der Waals surface area contributed by atoms with E-state index in [0.29, 0.717) is 11.1 Å². The molecule has 0 aliphatic carbocycles. The quantitative estimate of drug-likeness (QED) is 0.155. The number of aliphatic hydroxyl groups excluding tert-OH is 3. The summed E-state index contributed by atoms with van der Waals surface area (Å²) in [7, 11) is 0. The Bertz CT molecular complexity index is 1020. The molecule has 1 heterocycles. The average Bonchev–Trinajstić information content (AvgIpc) is 2.81. The van der Waals surface area contributed by atoms with E-state index in [-0.39, 0.29) is 36.0 Å². The number of rotatable bonds is 8. The smallest absolute Gasteiger partial charge is 0.331 e. The molecule has 34 heavy (non-hydrogen) atoms. The summed E-state index contributed by atoms with van der Waals surface area (Å²) >= 11 is 0. The minimum Gasteiger partial charge on any atom is -0.504 e. The molecule has 2 aromatic carbocycles. The van der Waals surface area contributed by atoms with Gasteiger partial charge in [-0.05, 0) is 47.9 Å². The number of aromatic hydroxyl groups is 4. The van der Waals surface area contributed by atoms with Gasteiger partial charge in [-0.15, -0.1) is 0 Å². The SMILES string of the molecule is O=C(/C=C\c1ccc(O)c(O)c1)O[C@@H]1[C@@H](O)[C@H](OCCc2ccc(O)c(O)c2)O[C@H](CO)[C@H]1O. The number of ether oxygens (including phenoxy) is 3. The number of carbonyl (C=O) groups excluding carboxylic acids is 1. The highest BCUT2D eigenvalue weighted by Gasteiger charge is 2.47. The Morgan fingerprint density at radius 2 is 1.62 bits per heavy atom. The molecule has 3 rings (SSSR count). The van der Waals surface area contributed by atoms with E-state index < -0.39 is 43.3 Å². The first-order valence-corrected chi connectivity index (χ1v) is 10.3. The molecule has 0 spiro atoms. The minimum atomic E-state index is -1.58. The van der Waals surface area contributed by atoms with Gasteiger partial charge >= 0.3 is 5.97 Å². The Morgan fingerprint density at radius 3 is 2.26 bits per heavy atom. The summed E-state index contributed by atoms with van der Waals surface area (Å²) in [4.78, 5) is 12.3. The zero-order valence-electron chi connectivity index (χ0n) is 17.9. The third kappa shape index (κ3) is 6.16. The van der Waals surface area contributed by atoms with E-state index in [4.69, 9.17) is 14.2 Å². The minimum absolute atomic E-state index is 0.00506. The highest BCUT2D eigenvalue weighted by molar-refractivity contribution is 5.87. The summed E-state index contributed by atoms with van der Waals surface area (Å²) in [5, 5.41) is 68.2. The van der Waals surface area contributed by atoms with Crippen LogP contribution in [0.1, 0.15) is 11.1 Å². The Morgan fingerprint density at radius 1 is 0.941 bits per heavy atom. The van der Waals surface area contributed by atoms with Crippen molar-refractivity contribution < 1.29 is 54.8 Å². The Hall–Kier alpha value is -3.35. The maximum absolute atomic E-state index is 12.3. The van der Waals surface area contributed by atoms with E-state index in [1.807, 2.05) is 0 Å². The van der Waals surface area contributed by atoms with Crippen molar-refractivity contribution in [3.8, 4) is 23.0 Å². The Kier molecular flexibility index (Phi) is 8.31. The second-order valence-corrected chi connectivity index (χ2v) is 7.63. The van der Waals surface area contributed by atoms with Crippen LogP contribution in [0.3, 0.4) is 0 Å². The fraction of sp³-hybridized carbons (Fsp3) is 0.348. The van der Waals surface area contributed by atoms with Crippen LogP contribution in [0.5, 0.6) is 23.0 Å². The number of esters is 1. The Balaban J connectivity index is 1.62. The van der Waals surface area contributed by atoms with Gasteiger partial charge in [-0.25, -0.2) is 4.79 Å². The molecule has 1 aliphatic rings. The molecule has 0 radical (unpaired) electrons. The number of carbonyl (C=O) groups is 1. The molecule has 0 aromatic heterocycles. The van der Waals surface area contributed by atoms with Crippen molar-refractivity contribution in [2.75, 3.05) is 13.2 Å². The van der Waals surface area contributed by atoms with Crippen LogP contribution in [0, 0.1) is 0 Å². The molecule has 11 heteroatoms. The number of hydrogen-bond acceptors (Lipinski definition) is 11. The first-order chi connectivity index (χ1) is 16.2. The third-order valence-corrected chi connectivity index (χ3v) is 5.20. The first kappa shape index (κ1) is 25.3. The van der Waals surface area contributed by atoms with E-state index in [9.17, 15) is 40.5 Å². The summed E-state index contributed by atoms with van der Waals surface area (Å²) in [6.07, 6.45) is -4.54. The van der Waals surface area contributed by atoms with Crippen molar-refractivity contribution in [2.24, 2.45) is 0 Å². The first-order valence-electron chi connectivity index (χ1n) is 10.3. The predicted molar refractivity (Wildman–Crippen MR) is 116 cm³/mol. The molecule has 0 unspecified atom stereocenters. The van der Waals surface area contributed by atoms with Gasteiger partial charge in [0.25, 0.3) is 0 Å². The van der Waals surface area contributed by atoms with Crippen molar-refractivity contribution in [2.45, 2.75) is 37.1 Å². The topological polar surface area (TPSA) is 186 Å². The van der Waals surface area contributed by atoms with Crippen molar-refractivity contribution in [1.82, 2.24) is 0 Å². The second kappa shape index (κ2) is 11.2. The van der Waals surface area contributed by atoms with Crippen molar-refractivity contribution >= 4 is 12.0 Å². The van der Waals surface area contributed by atoms with Crippen molar-refractivity contribution in [3.05, 3.63) is 53.6 Å². The molecule has 0 bridgehead atoms. The molecule has 0 saturated carbocycles. The van der Waals surface area contributed by atoms with Gasteiger partial charge in [0.15, 0.2) is 35.4 Å². The van der Waals surface area contributed by atoms with Crippen LogP contribution in [-0.2, 0) is 25.4 Å². The van der Waals surface area contributed by atoms with Crippen molar-refractivity contribution in [3.63, 3.8) is 0 Å². The molecule has 11 nitrogen and oxygen atoms in total. The highest BCUT2D eigenvalue weighted by Crippen LogP contribution is 2.28. The fourth-order valence-corrected chi connectivity index (χ4v) is 3.33. The molecule has 5 atom stereocenters. The number of phenolic OH excluding ortho intramolecular Hbond substituents is 4.